The highest BCUT2D eigenvalue weighted by Gasteiger charge is 2.37. The number of rotatable bonds is 3. The topological polar surface area (TPSA) is 0 Å². The van der Waals surface area contributed by atoms with Crippen molar-refractivity contribution in [3.8, 4) is 0 Å². The van der Waals surface area contributed by atoms with Crippen LogP contribution in [-0.4, -0.2) is 7.28 Å². The van der Waals surface area contributed by atoms with Crippen LogP contribution in [-0.2, 0) is 17.3 Å². The molecule has 0 bridgehead atoms. The van der Waals surface area contributed by atoms with Crippen molar-refractivity contribution in [3.63, 3.8) is 0 Å². The zero-order chi connectivity index (χ0) is 18.5. The van der Waals surface area contributed by atoms with Crippen molar-refractivity contribution in [2.45, 2.75) is 64.7 Å². The Morgan fingerprint density at radius 2 is 1.50 bits per heavy atom. The molecule has 1 radical (unpaired) electrons. The van der Waals surface area contributed by atoms with E-state index >= 15 is 0 Å². The maximum atomic E-state index is 2.48. The Labute approximate surface area is 162 Å². The molecule has 2 aromatic carbocycles. The van der Waals surface area contributed by atoms with Gasteiger partial charge < -0.3 is 0 Å². The zero-order valence-corrected chi connectivity index (χ0v) is 17.5. The van der Waals surface area contributed by atoms with Crippen LogP contribution < -0.4 is 10.2 Å². The average Bonchev–Trinajstić information content (AvgIpc) is 3.00. The maximum Gasteiger partial charge on any atom is 0.205 e. The third-order valence-corrected chi connectivity index (χ3v) is 7.25. The second kappa shape index (κ2) is 6.27. The maximum absolute atomic E-state index is 2.48. The second-order valence-corrected chi connectivity index (χ2v) is 10.2. The molecule has 26 heavy (non-hydrogen) atoms. The van der Waals surface area contributed by atoms with E-state index in [1.54, 1.807) is 11.1 Å². The van der Waals surface area contributed by atoms with E-state index < -0.39 is 0 Å². The molecule has 1 heterocycles. The number of thiophene rings is 1. The Hall–Kier alpha value is -1.54. The van der Waals surface area contributed by atoms with Crippen LogP contribution >= 0.6 is 11.3 Å². The first kappa shape index (κ1) is 17.9. The highest BCUT2D eigenvalue weighted by Crippen LogP contribution is 2.47. The Kier molecular flexibility index (Phi) is 4.31. The Bertz CT molecular complexity index is 891. The molecule has 0 saturated carbocycles. The molecule has 1 aromatic heterocycles. The number of aryl methyl sites for hydroxylation is 1. The number of benzene rings is 2. The molecule has 1 aliphatic rings. The van der Waals surface area contributed by atoms with Crippen molar-refractivity contribution in [1.29, 1.82) is 0 Å². The largest absolute Gasteiger partial charge is 0.205 e. The quantitative estimate of drug-likeness (QED) is 0.544. The lowest BCUT2D eigenvalue weighted by molar-refractivity contribution is 0.332. The number of fused-ring (bicyclic) bond motifs is 2. The lowest BCUT2D eigenvalue weighted by atomic mass is 9.63. The van der Waals surface area contributed by atoms with Gasteiger partial charge in [0.05, 0.1) is 0 Å². The molecule has 0 spiro atoms. The SMILES string of the molecule is CCc1ccc([B]c2cc3cc4c(cc3s2)C(C)(C)CCC4(C)C)cc1. The van der Waals surface area contributed by atoms with E-state index in [0.29, 0.717) is 0 Å². The van der Waals surface area contributed by atoms with Crippen LogP contribution in [0.5, 0.6) is 0 Å². The minimum atomic E-state index is 0.279. The zero-order valence-electron chi connectivity index (χ0n) is 16.6. The summed E-state index contributed by atoms with van der Waals surface area (Å²) in [5.74, 6) is 0. The molecule has 0 nitrogen and oxygen atoms in total. The number of hydrogen-bond acceptors (Lipinski definition) is 1. The molecule has 4 rings (SSSR count). The van der Waals surface area contributed by atoms with Gasteiger partial charge in [0.25, 0.3) is 0 Å². The molecule has 0 saturated heterocycles. The van der Waals surface area contributed by atoms with Gasteiger partial charge in [-0.05, 0) is 75.1 Å². The second-order valence-electron chi connectivity index (χ2n) is 9.09. The van der Waals surface area contributed by atoms with Gasteiger partial charge >= 0.3 is 0 Å². The van der Waals surface area contributed by atoms with Crippen LogP contribution in [0.4, 0.5) is 0 Å². The van der Waals surface area contributed by atoms with Crippen LogP contribution in [0.25, 0.3) is 10.1 Å². The lowest BCUT2D eigenvalue weighted by Gasteiger charge is -2.41. The molecule has 0 N–H and O–H groups in total. The molecule has 0 unspecified atom stereocenters. The summed E-state index contributed by atoms with van der Waals surface area (Å²) in [6.07, 6.45) is 3.64. The summed E-state index contributed by atoms with van der Waals surface area (Å²) in [6.45, 7) is 11.8. The van der Waals surface area contributed by atoms with Gasteiger partial charge in [-0.3, -0.25) is 0 Å². The standard InChI is InChI=1S/C24H28BS/c1-6-16-7-9-18(10-8-16)25-22-14-17-13-19-20(15-21(17)26-22)24(4,5)12-11-23(19,2)3/h7-10,13-15H,6,11-12H2,1-5H3. The first-order valence-electron chi connectivity index (χ1n) is 9.81. The molecule has 1 aliphatic carbocycles. The minimum absolute atomic E-state index is 0.279. The van der Waals surface area contributed by atoms with Gasteiger partial charge in [0.15, 0.2) is 0 Å². The molecule has 0 atom stereocenters. The Morgan fingerprint density at radius 1 is 0.885 bits per heavy atom. The predicted octanol–water partition coefficient (Wildman–Crippen LogP) is 5.47. The molecule has 0 fully saturated rings. The van der Waals surface area contributed by atoms with Gasteiger partial charge in [0, 0.05) is 4.70 Å². The molecule has 0 amide bonds. The predicted molar refractivity (Wildman–Crippen MR) is 118 cm³/mol. The summed E-state index contributed by atoms with van der Waals surface area (Å²) in [6, 6.07) is 16.3. The molecule has 133 valence electrons. The summed E-state index contributed by atoms with van der Waals surface area (Å²) in [5.41, 5.74) is 6.36. The van der Waals surface area contributed by atoms with Crippen LogP contribution in [0.15, 0.2) is 42.5 Å². The first-order valence-corrected chi connectivity index (χ1v) is 10.6. The van der Waals surface area contributed by atoms with Crippen LogP contribution in [0, 0.1) is 0 Å². The van der Waals surface area contributed by atoms with Gasteiger partial charge in [-0.25, -0.2) is 0 Å². The molecule has 0 aliphatic heterocycles. The van der Waals surface area contributed by atoms with Crippen molar-refractivity contribution in [3.05, 3.63) is 59.2 Å². The van der Waals surface area contributed by atoms with Crippen LogP contribution in [0.2, 0.25) is 0 Å². The summed E-state index contributed by atoms with van der Waals surface area (Å²) >= 11 is 1.92. The third-order valence-electron chi connectivity index (χ3n) is 6.21. The minimum Gasteiger partial charge on any atom is -0.151 e. The van der Waals surface area contributed by atoms with Crippen LogP contribution in [0.1, 0.15) is 64.2 Å². The van der Waals surface area contributed by atoms with Crippen molar-refractivity contribution in [2.75, 3.05) is 0 Å². The lowest BCUT2D eigenvalue weighted by Crippen LogP contribution is -2.33. The average molecular weight is 359 g/mol. The fourth-order valence-electron chi connectivity index (χ4n) is 4.21. The number of hydrogen-bond donors (Lipinski definition) is 0. The highest BCUT2D eigenvalue weighted by atomic mass is 32.1. The van der Waals surface area contributed by atoms with E-state index in [0.717, 1.165) is 6.42 Å². The van der Waals surface area contributed by atoms with Gasteiger partial charge in [-0.1, -0.05) is 64.3 Å². The van der Waals surface area contributed by atoms with Gasteiger partial charge in [0.2, 0.25) is 7.28 Å². The van der Waals surface area contributed by atoms with E-state index in [9.17, 15) is 0 Å². The van der Waals surface area contributed by atoms with Crippen molar-refractivity contribution >= 4 is 38.9 Å². The molecular weight excluding hydrogens is 331 g/mol. The molecule has 2 heteroatoms. The third kappa shape index (κ3) is 3.13. The summed E-state index contributed by atoms with van der Waals surface area (Å²) < 4.78 is 2.77. The van der Waals surface area contributed by atoms with Gasteiger partial charge in [-0.15, -0.1) is 0 Å². The molecule has 3 aromatic rings. The fourth-order valence-corrected chi connectivity index (χ4v) is 5.25. The Balaban J connectivity index is 1.73. The van der Waals surface area contributed by atoms with E-state index in [1.165, 1.54) is 38.7 Å². The fraction of sp³-hybridized carbons (Fsp3) is 0.417. The molecular formula is C24H28BS. The van der Waals surface area contributed by atoms with E-state index in [1.807, 2.05) is 11.3 Å². The highest BCUT2D eigenvalue weighted by molar-refractivity contribution is 7.28. The van der Waals surface area contributed by atoms with Crippen LogP contribution in [0.3, 0.4) is 0 Å². The van der Waals surface area contributed by atoms with Crippen molar-refractivity contribution < 1.29 is 0 Å². The monoisotopic (exact) mass is 359 g/mol. The van der Waals surface area contributed by atoms with Crippen molar-refractivity contribution in [2.24, 2.45) is 0 Å². The van der Waals surface area contributed by atoms with Gasteiger partial charge in [-0.2, -0.15) is 11.3 Å². The first-order chi connectivity index (χ1) is 12.3. The van der Waals surface area contributed by atoms with E-state index in [4.69, 9.17) is 0 Å². The summed E-state index contributed by atoms with van der Waals surface area (Å²) in [4.78, 5) is 0. The summed E-state index contributed by atoms with van der Waals surface area (Å²) in [5, 5.41) is 1.40. The Morgan fingerprint density at radius 3 is 2.12 bits per heavy atom. The smallest absolute Gasteiger partial charge is 0.151 e. The van der Waals surface area contributed by atoms with Gasteiger partial charge in [0.1, 0.15) is 0 Å². The summed E-state index contributed by atoms with van der Waals surface area (Å²) in [7, 11) is 2.32. The normalized spacial score (nSPS) is 17.9. The van der Waals surface area contributed by atoms with Crippen molar-refractivity contribution in [1.82, 2.24) is 0 Å². The van der Waals surface area contributed by atoms with E-state index in [-0.39, 0.29) is 10.8 Å². The van der Waals surface area contributed by atoms with E-state index in [2.05, 4.69) is 84.4 Å².